The van der Waals surface area contributed by atoms with Crippen molar-refractivity contribution in [2.45, 2.75) is 39.0 Å². The van der Waals surface area contributed by atoms with Crippen molar-refractivity contribution in [2.24, 2.45) is 0 Å². The van der Waals surface area contributed by atoms with Crippen molar-refractivity contribution < 1.29 is 9.28 Å². The number of carbonyl (C=O) groups excluding carboxylic acids is 1. The Morgan fingerprint density at radius 2 is 1.58 bits per heavy atom. The number of hydrogen-bond donors (Lipinski definition) is 0. The van der Waals surface area contributed by atoms with Crippen LogP contribution in [0.3, 0.4) is 0 Å². The van der Waals surface area contributed by atoms with Gasteiger partial charge < -0.3 is 0 Å². The Labute approximate surface area is 144 Å². The summed E-state index contributed by atoms with van der Waals surface area (Å²) in [5.74, 6) is 0.168. The molecule has 0 saturated heterocycles. The summed E-state index contributed by atoms with van der Waals surface area (Å²) in [6, 6.07) is 14.2. The highest BCUT2D eigenvalue weighted by Gasteiger charge is 2.35. The maximum atomic E-state index is 13.2. The van der Waals surface area contributed by atoms with Gasteiger partial charge in [-0.15, -0.1) is 0 Å². The number of amides is 1. The Bertz CT molecular complexity index is 760. The van der Waals surface area contributed by atoms with Gasteiger partial charge in [0, 0.05) is 0 Å². The average molecular weight is 320 g/mol. The van der Waals surface area contributed by atoms with E-state index in [9.17, 15) is 4.79 Å². The van der Waals surface area contributed by atoms with E-state index in [0.29, 0.717) is 4.48 Å². The van der Waals surface area contributed by atoms with Crippen molar-refractivity contribution in [3.05, 3.63) is 72.6 Å². The molecule has 0 saturated carbocycles. The first-order chi connectivity index (χ1) is 11.7. The summed E-state index contributed by atoms with van der Waals surface area (Å²) in [7, 11) is 0. The standard InChI is InChI=1S/C22H26NO/c1-2-3-4-5-8-15-23(16-9-10-17-23)22(24)21-14-13-19-11-6-7-12-20(19)18-21/h6-7,9-14,16-18H,2-5,8,15H2,1H3/q+1. The molecule has 0 aromatic heterocycles. The SMILES string of the molecule is CCCCCCC[N+]1(C(=O)c2ccc3ccccc3c2)C=CC=C1. The molecule has 2 aromatic rings. The van der Waals surface area contributed by atoms with Gasteiger partial charge in [-0.1, -0.05) is 56.5 Å². The molecule has 2 aromatic carbocycles. The van der Waals surface area contributed by atoms with Crippen molar-refractivity contribution in [3.8, 4) is 0 Å². The number of quaternary nitrogens is 1. The highest BCUT2D eigenvalue weighted by molar-refractivity contribution is 5.95. The van der Waals surface area contributed by atoms with Crippen LogP contribution < -0.4 is 0 Å². The molecule has 1 aliphatic heterocycles. The minimum absolute atomic E-state index is 0.168. The highest BCUT2D eigenvalue weighted by atomic mass is 16.2. The van der Waals surface area contributed by atoms with Gasteiger partial charge >= 0.3 is 5.91 Å². The Balaban J connectivity index is 1.78. The Hall–Kier alpha value is -2.19. The monoisotopic (exact) mass is 320 g/mol. The number of rotatable bonds is 7. The molecule has 0 atom stereocenters. The second-order valence-electron chi connectivity index (χ2n) is 6.62. The van der Waals surface area contributed by atoms with Crippen LogP contribution in [0.15, 0.2) is 67.0 Å². The number of carbonyl (C=O) groups is 1. The van der Waals surface area contributed by atoms with E-state index in [2.05, 4.69) is 19.1 Å². The Kier molecular flexibility index (Phi) is 5.27. The summed E-state index contributed by atoms with van der Waals surface area (Å²) < 4.78 is 0.324. The molecule has 0 bridgehead atoms. The van der Waals surface area contributed by atoms with E-state index in [1.165, 1.54) is 31.1 Å². The fourth-order valence-electron chi connectivity index (χ4n) is 3.38. The lowest BCUT2D eigenvalue weighted by molar-refractivity contribution is -0.739. The van der Waals surface area contributed by atoms with Gasteiger partial charge in [0.05, 0.1) is 12.1 Å². The lowest BCUT2D eigenvalue weighted by atomic mass is 10.1. The normalized spacial score (nSPS) is 15.2. The van der Waals surface area contributed by atoms with Crippen LogP contribution in [0.25, 0.3) is 10.8 Å². The van der Waals surface area contributed by atoms with Crippen LogP contribution in [0.2, 0.25) is 0 Å². The molecule has 24 heavy (non-hydrogen) atoms. The number of fused-ring (bicyclic) bond motifs is 1. The molecule has 1 heterocycles. The van der Waals surface area contributed by atoms with Gasteiger partial charge in [0.2, 0.25) is 0 Å². The van der Waals surface area contributed by atoms with E-state index >= 15 is 0 Å². The third-order valence-corrected chi connectivity index (χ3v) is 4.82. The second-order valence-corrected chi connectivity index (χ2v) is 6.62. The molecular weight excluding hydrogens is 294 g/mol. The van der Waals surface area contributed by atoms with Gasteiger partial charge in [0.1, 0.15) is 12.4 Å². The predicted molar refractivity (Wildman–Crippen MR) is 100 cm³/mol. The van der Waals surface area contributed by atoms with Gasteiger partial charge in [0.25, 0.3) is 0 Å². The third kappa shape index (κ3) is 3.49. The second kappa shape index (κ2) is 7.59. The summed E-state index contributed by atoms with van der Waals surface area (Å²) in [4.78, 5) is 13.2. The van der Waals surface area contributed by atoms with E-state index in [1.807, 2.05) is 54.9 Å². The van der Waals surface area contributed by atoms with E-state index < -0.39 is 0 Å². The zero-order chi connectivity index (χ0) is 16.8. The minimum atomic E-state index is 0.168. The van der Waals surface area contributed by atoms with Crippen molar-refractivity contribution in [1.82, 2.24) is 0 Å². The summed E-state index contributed by atoms with van der Waals surface area (Å²) in [5.41, 5.74) is 0.790. The van der Waals surface area contributed by atoms with Crippen LogP contribution in [0.5, 0.6) is 0 Å². The van der Waals surface area contributed by atoms with Gasteiger partial charge in [-0.05, 0) is 47.9 Å². The molecule has 0 N–H and O–H groups in total. The number of benzene rings is 2. The maximum Gasteiger partial charge on any atom is 0.355 e. The average Bonchev–Trinajstić information content (AvgIpc) is 3.10. The molecule has 1 amide bonds. The minimum Gasteiger partial charge on any atom is -0.225 e. The van der Waals surface area contributed by atoms with Crippen LogP contribution in [0, 0.1) is 0 Å². The molecule has 0 spiro atoms. The van der Waals surface area contributed by atoms with Crippen LogP contribution in [0.4, 0.5) is 0 Å². The molecule has 0 fully saturated rings. The van der Waals surface area contributed by atoms with Crippen LogP contribution >= 0.6 is 0 Å². The van der Waals surface area contributed by atoms with Crippen LogP contribution in [-0.2, 0) is 0 Å². The van der Waals surface area contributed by atoms with Gasteiger partial charge in [-0.25, -0.2) is 9.28 Å². The zero-order valence-electron chi connectivity index (χ0n) is 14.4. The fourth-order valence-corrected chi connectivity index (χ4v) is 3.38. The number of nitrogens with zero attached hydrogens (tertiary/aromatic N) is 1. The first kappa shape index (κ1) is 16.7. The highest BCUT2D eigenvalue weighted by Crippen LogP contribution is 2.25. The van der Waals surface area contributed by atoms with Gasteiger partial charge in [0.15, 0.2) is 0 Å². The van der Waals surface area contributed by atoms with Crippen molar-refractivity contribution in [1.29, 1.82) is 0 Å². The molecule has 3 rings (SSSR count). The zero-order valence-corrected chi connectivity index (χ0v) is 14.4. The first-order valence-electron chi connectivity index (χ1n) is 9.03. The lowest BCUT2D eigenvalue weighted by Crippen LogP contribution is -2.42. The summed E-state index contributed by atoms with van der Waals surface area (Å²) in [6.45, 7) is 3.08. The Morgan fingerprint density at radius 3 is 2.33 bits per heavy atom. The van der Waals surface area contributed by atoms with Gasteiger partial charge in [-0.2, -0.15) is 0 Å². The molecular formula is C22H26NO+. The van der Waals surface area contributed by atoms with Gasteiger partial charge in [-0.3, -0.25) is 0 Å². The molecule has 2 nitrogen and oxygen atoms in total. The fraction of sp³-hybridized carbons (Fsp3) is 0.318. The van der Waals surface area contributed by atoms with Crippen LogP contribution in [-0.4, -0.2) is 16.9 Å². The number of unbranched alkanes of at least 4 members (excludes halogenated alkanes) is 4. The maximum absolute atomic E-state index is 13.2. The number of allylic oxidation sites excluding steroid dienone is 2. The molecule has 0 aliphatic carbocycles. The predicted octanol–water partition coefficient (Wildman–Crippen LogP) is 5.81. The Morgan fingerprint density at radius 1 is 0.875 bits per heavy atom. The van der Waals surface area contributed by atoms with Crippen molar-refractivity contribution in [3.63, 3.8) is 0 Å². The van der Waals surface area contributed by atoms with Crippen molar-refractivity contribution in [2.75, 3.05) is 6.54 Å². The lowest BCUT2D eigenvalue weighted by Gasteiger charge is -2.26. The molecule has 1 aliphatic rings. The van der Waals surface area contributed by atoms with Crippen molar-refractivity contribution >= 4 is 16.7 Å². The smallest absolute Gasteiger partial charge is 0.225 e. The topological polar surface area (TPSA) is 17.1 Å². The number of hydrogen-bond acceptors (Lipinski definition) is 1. The summed E-state index contributed by atoms with van der Waals surface area (Å²) in [6.07, 6.45) is 14.1. The summed E-state index contributed by atoms with van der Waals surface area (Å²) in [5, 5.41) is 2.30. The molecule has 2 heteroatoms. The van der Waals surface area contributed by atoms with Crippen LogP contribution in [0.1, 0.15) is 49.4 Å². The van der Waals surface area contributed by atoms with E-state index in [-0.39, 0.29) is 5.91 Å². The van der Waals surface area contributed by atoms with E-state index in [0.717, 1.165) is 23.9 Å². The third-order valence-electron chi connectivity index (χ3n) is 4.82. The van der Waals surface area contributed by atoms with E-state index in [1.54, 1.807) is 0 Å². The summed E-state index contributed by atoms with van der Waals surface area (Å²) >= 11 is 0. The molecule has 0 unspecified atom stereocenters. The van der Waals surface area contributed by atoms with E-state index in [4.69, 9.17) is 0 Å². The largest absolute Gasteiger partial charge is 0.355 e. The molecule has 0 radical (unpaired) electrons. The molecule has 124 valence electrons. The quantitative estimate of drug-likeness (QED) is 0.465. The first-order valence-corrected chi connectivity index (χ1v) is 9.03.